The molecule has 6 heteroatoms. The third-order valence-electron chi connectivity index (χ3n) is 2.25. The van der Waals surface area contributed by atoms with Gasteiger partial charge in [0, 0.05) is 12.3 Å². The Morgan fingerprint density at radius 3 is 2.73 bits per heavy atom. The molecule has 82 valence electrons. The van der Waals surface area contributed by atoms with Crippen molar-refractivity contribution < 1.29 is 13.2 Å². The van der Waals surface area contributed by atoms with Crippen LogP contribution in [-0.4, -0.2) is 37.1 Å². The van der Waals surface area contributed by atoms with E-state index in [-0.39, 0.29) is 11.5 Å². The molecular weight excluding hydrogens is 216 g/mol. The van der Waals surface area contributed by atoms with E-state index in [2.05, 4.69) is 4.98 Å². The van der Waals surface area contributed by atoms with Crippen molar-refractivity contribution >= 4 is 9.84 Å². The van der Waals surface area contributed by atoms with Gasteiger partial charge in [-0.1, -0.05) is 6.07 Å². The van der Waals surface area contributed by atoms with E-state index < -0.39 is 22.0 Å². The van der Waals surface area contributed by atoms with E-state index in [1.165, 1.54) is 0 Å². The van der Waals surface area contributed by atoms with E-state index in [4.69, 9.17) is 10.5 Å². The minimum Gasteiger partial charge on any atom is -0.472 e. The normalized spacial score (nSPS) is 28.9. The van der Waals surface area contributed by atoms with Crippen LogP contribution in [0, 0.1) is 0 Å². The molecule has 0 amide bonds. The van der Waals surface area contributed by atoms with Crippen LogP contribution in [0.15, 0.2) is 24.4 Å². The minimum atomic E-state index is -3.04. The van der Waals surface area contributed by atoms with Crippen LogP contribution in [0.25, 0.3) is 0 Å². The van der Waals surface area contributed by atoms with Crippen LogP contribution in [0.2, 0.25) is 0 Å². The molecule has 0 aromatic carbocycles. The first-order valence-electron chi connectivity index (χ1n) is 4.60. The molecule has 0 bridgehead atoms. The third kappa shape index (κ3) is 2.45. The van der Waals surface area contributed by atoms with Gasteiger partial charge in [-0.15, -0.1) is 0 Å². The number of sulfone groups is 1. The molecule has 2 atom stereocenters. The van der Waals surface area contributed by atoms with Crippen LogP contribution < -0.4 is 10.5 Å². The van der Waals surface area contributed by atoms with E-state index in [9.17, 15) is 8.42 Å². The van der Waals surface area contributed by atoms with Gasteiger partial charge >= 0.3 is 0 Å². The summed E-state index contributed by atoms with van der Waals surface area (Å²) in [6.45, 7) is 0. The molecule has 2 unspecified atom stereocenters. The molecule has 1 fully saturated rings. The third-order valence-corrected chi connectivity index (χ3v) is 3.98. The average molecular weight is 228 g/mol. The van der Waals surface area contributed by atoms with Gasteiger partial charge in [-0.2, -0.15) is 0 Å². The number of ether oxygens (including phenoxy) is 1. The lowest BCUT2D eigenvalue weighted by molar-refractivity contribution is 0.201. The molecule has 0 aliphatic carbocycles. The van der Waals surface area contributed by atoms with Crippen LogP contribution in [0.3, 0.4) is 0 Å². The topological polar surface area (TPSA) is 82.3 Å². The molecule has 1 aliphatic rings. The first-order valence-corrected chi connectivity index (χ1v) is 6.43. The number of nitrogens with zero attached hydrogens (tertiary/aromatic N) is 1. The summed E-state index contributed by atoms with van der Waals surface area (Å²) in [5.41, 5.74) is 5.67. The Balaban J connectivity index is 2.08. The van der Waals surface area contributed by atoms with Gasteiger partial charge in [0.25, 0.3) is 0 Å². The highest BCUT2D eigenvalue weighted by molar-refractivity contribution is 7.91. The fraction of sp³-hybridized carbons (Fsp3) is 0.444. The summed E-state index contributed by atoms with van der Waals surface area (Å²) in [6.07, 6.45) is 1.11. The summed E-state index contributed by atoms with van der Waals surface area (Å²) in [6, 6.07) is 4.75. The highest BCUT2D eigenvalue weighted by Gasteiger charge is 2.37. The molecule has 2 rings (SSSR count). The van der Waals surface area contributed by atoms with E-state index in [0.717, 1.165) is 0 Å². The largest absolute Gasteiger partial charge is 0.472 e. The predicted octanol–water partition coefficient (Wildman–Crippen LogP) is -0.415. The number of aromatic nitrogens is 1. The minimum absolute atomic E-state index is 0.00942. The average Bonchev–Trinajstić information content (AvgIpc) is 2.41. The van der Waals surface area contributed by atoms with Crippen molar-refractivity contribution in [2.75, 3.05) is 11.5 Å². The molecule has 1 aromatic rings. The molecule has 0 radical (unpaired) electrons. The molecule has 1 aliphatic heterocycles. The Hall–Kier alpha value is -1.14. The van der Waals surface area contributed by atoms with Crippen molar-refractivity contribution in [3.05, 3.63) is 24.4 Å². The number of pyridine rings is 1. The van der Waals surface area contributed by atoms with E-state index >= 15 is 0 Å². The first-order chi connectivity index (χ1) is 7.07. The van der Waals surface area contributed by atoms with Crippen molar-refractivity contribution in [2.24, 2.45) is 5.73 Å². The van der Waals surface area contributed by atoms with Crippen LogP contribution in [-0.2, 0) is 9.84 Å². The van der Waals surface area contributed by atoms with Gasteiger partial charge in [0.05, 0.1) is 17.5 Å². The molecule has 15 heavy (non-hydrogen) atoms. The molecular formula is C9H12N2O3S. The first kappa shape index (κ1) is 10.4. The summed E-state index contributed by atoms with van der Waals surface area (Å²) in [5, 5.41) is 0. The van der Waals surface area contributed by atoms with Gasteiger partial charge < -0.3 is 10.5 Å². The van der Waals surface area contributed by atoms with Crippen molar-refractivity contribution in [1.82, 2.24) is 4.98 Å². The molecule has 0 saturated carbocycles. The van der Waals surface area contributed by atoms with E-state index in [1.807, 2.05) is 0 Å². The number of hydrogen-bond acceptors (Lipinski definition) is 5. The van der Waals surface area contributed by atoms with Gasteiger partial charge in [-0.3, -0.25) is 0 Å². The van der Waals surface area contributed by atoms with Gasteiger partial charge in [0.2, 0.25) is 5.88 Å². The quantitative estimate of drug-likeness (QED) is 0.743. The summed E-state index contributed by atoms with van der Waals surface area (Å²) >= 11 is 0. The standard InChI is InChI=1S/C9H12N2O3S/c10-7-5-15(12,13)6-8(7)14-9-3-1-2-4-11-9/h1-4,7-8H,5-6,10H2. The maximum absolute atomic E-state index is 11.3. The second kappa shape index (κ2) is 3.79. The van der Waals surface area contributed by atoms with Crippen molar-refractivity contribution in [2.45, 2.75) is 12.1 Å². The molecule has 0 spiro atoms. The van der Waals surface area contributed by atoms with Crippen LogP contribution in [0.1, 0.15) is 0 Å². The highest BCUT2D eigenvalue weighted by atomic mass is 32.2. The number of hydrogen-bond donors (Lipinski definition) is 1. The van der Waals surface area contributed by atoms with Crippen LogP contribution in [0.5, 0.6) is 5.88 Å². The lowest BCUT2D eigenvalue weighted by Crippen LogP contribution is -2.37. The van der Waals surface area contributed by atoms with Crippen molar-refractivity contribution in [3.8, 4) is 5.88 Å². The Kier molecular flexibility index (Phi) is 2.62. The fourth-order valence-corrected chi connectivity index (χ4v) is 3.29. The smallest absolute Gasteiger partial charge is 0.213 e. The van der Waals surface area contributed by atoms with Crippen LogP contribution in [0.4, 0.5) is 0 Å². The fourth-order valence-electron chi connectivity index (χ4n) is 1.54. The Morgan fingerprint density at radius 1 is 1.40 bits per heavy atom. The second-order valence-corrected chi connectivity index (χ2v) is 5.72. The predicted molar refractivity (Wildman–Crippen MR) is 55.3 cm³/mol. The van der Waals surface area contributed by atoms with E-state index in [0.29, 0.717) is 5.88 Å². The molecule has 2 heterocycles. The lowest BCUT2D eigenvalue weighted by atomic mass is 10.2. The highest BCUT2D eigenvalue weighted by Crippen LogP contribution is 2.16. The maximum atomic E-state index is 11.3. The molecule has 1 aromatic heterocycles. The van der Waals surface area contributed by atoms with Gasteiger partial charge in [0.15, 0.2) is 9.84 Å². The van der Waals surface area contributed by atoms with Gasteiger partial charge in [-0.05, 0) is 6.07 Å². The zero-order valence-electron chi connectivity index (χ0n) is 8.04. The Labute approximate surface area is 88.2 Å². The zero-order valence-corrected chi connectivity index (χ0v) is 8.85. The molecule has 5 nitrogen and oxygen atoms in total. The summed E-state index contributed by atoms with van der Waals surface area (Å²) in [4.78, 5) is 3.95. The molecule has 1 saturated heterocycles. The van der Waals surface area contributed by atoms with Crippen molar-refractivity contribution in [1.29, 1.82) is 0 Å². The van der Waals surface area contributed by atoms with Gasteiger partial charge in [-0.25, -0.2) is 13.4 Å². The summed E-state index contributed by atoms with van der Waals surface area (Å²) in [7, 11) is -3.04. The van der Waals surface area contributed by atoms with E-state index in [1.54, 1.807) is 24.4 Å². The number of nitrogens with two attached hydrogens (primary N) is 1. The lowest BCUT2D eigenvalue weighted by Gasteiger charge is -2.14. The van der Waals surface area contributed by atoms with Gasteiger partial charge in [0.1, 0.15) is 6.10 Å². The second-order valence-electron chi connectivity index (χ2n) is 3.57. The Morgan fingerprint density at radius 2 is 2.20 bits per heavy atom. The monoisotopic (exact) mass is 228 g/mol. The van der Waals surface area contributed by atoms with Crippen LogP contribution >= 0.6 is 0 Å². The van der Waals surface area contributed by atoms with Crippen molar-refractivity contribution in [3.63, 3.8) is 0 Å². The maximum Gasteiger partial charge on any atom is 0.213 e. The zero-order chi connectivity index (χ0) is 10.9. The SMILES string of the molecule is NC1CS(=O)(=O)CC1Oc1ccccn1. The Bertz CT molecular complexity index is 432. The molecule has 2 N–H and O–H groups in total. The summed E-state index contributed by atoms with van der Waals surface area (Å²) < 4.78 is 27.9. The summed E-state index contributed by atoms with van der Waals surface area (Å²) in [5.74, 6) is 0.380. The number of rotatable bonds is 2.